The molecule has 7 nitrogen and oxygen atoms in total. The molecule has 2 aromatic heterocycles. The van der Waals surface area contributed by atoms with Crippen LogP contribution in [0.25, 0.3) is 0 Å². The third-order valence-corrected chi connectivity index (χ3v) is 2.78. The number of nitrogens with one attached hydrogen (secondary N) is 1. The number of aromatic nitrogens is 6. The summed E-state index contributed by atoms with van der Waals surface area (Å²) in [4.78, 5) is 4.25. The number of aryl methyl sites for hydroxylation is 1. The van der Waals surface area contributed by atoms with Crippen LogP contribution in [0.15, 0.2) is 12.5 Å². The molecule has 0 amide bonds. The van der Waals surface area contributed by atoms with Crippen LogP contribution in [-0.4, -0.2) is 35.8 Å². The molecule has 0 atom stereocenters. The van der Waals surface area contributed by atoms with Gasteiger partial charge in [-0.1, -0.05) is 5.21 Å². The average molecular weight is 233 g/mol. The summed E-state index contributed by atoms with van der Waals surface area (Å²) in [6, 6.07) is 0.677. The second-order valence-corrected chi connectivity index (χ2v) is 4.37. The van der Waals surface area contributed by atoms with Crippen molar-refractivity contribution >= 4 is 0 Å². The monoisotopic (exact) mass is 233 g/mol. The van der Waals surface area contributed by atoms with Gasteiger partial charge < -0.3 is 5.32 Å². The third kappa shape index (κ3) is 2.50. The minimum absolute atomic E-state index is 0.621. The summed E-state index contributed by atoms with van der Waals surface area (Å²) >= 11 is 0. The van der Waals surface area contributed by atoms with Gasteiger partial charge in [-0.3, -0.25) is 4.68 Å². The summed E-state index contributed by atoms with van der Waals surface area (Å²) in [5.74, 6) is 0.947. The largest absolute Gasteiger partial charge is 0.307 e. The van der Waals surface area contributed by atoms with E-state index < -0.39 is 0 Å². The summed E-state index contributed by atoms with van der Waals surface area (Å²) in [5.41, 5.74) is 0.894. The molecule has 0 saturated heterocycles. The highest BCUT2D eigenvalue weighted by Gasteiger charge is 2.21. The molecule has 0 bridgehead atoms. The molecule has 0 spiro atoms. The molecular formula is C10H15N7. The molecule has 1 aliphatic rings. The summed E-state index contributed by atoms with van der Waals surface area (Å²) in [6.45, 7) is 1.39. The Morgan fingerprint density at radius 2 is 2.35 bits per heavy atom. The fraction of sp³-hybridized carbons (Fsp3) is 0.600. The lowest BCUT2D eigenvalue weighted by molar-refractivity contribution is 0.577. The minimum atomic E-state index is 0.621. The van der Waals surface area contributed by atoms with Gasteiger partial charge in [-0.05, 0) is 12.8 Å². The molecular weight excluding hydrogens is 218 g/mol. The Balaban J connectivity index is 1.67. The molecule has 1 fully saturated rings. The van der Waals surface area contributed by atoms with E-state index in [1.807, 2.05) is 17.9 Å². The Kier molecular flexibility index (Phi) is 2.60. The van der Waals surface area contributed by atoms with Crippen molar-refractivity contribution in [2.45, 2.75) is 32.0 Å². The highest BCUT2D eigenvalue weighted by molar-refractivity contribution is 4.96. The van der Waals surface area contributed by atoms with Crippen LogP contribution in [0.3, 0.4) is 0 Å². The summed E-state index contributed by atoms with van der Waals surface area (Å²) in [6.07, 6.45) is 6.02. The van der Waals surface area contributed by atoms with Crippen molar-refractivity contribution in [2.75, 3.05) is 0 Å². The molecule has 0 aromatic carbocycles. The SMILES string of the molecule is Cn1cc(Cn2ncnc2CNC2CC2)nn1. The van der Waals surface area contributed by atoms with Crippen LogP contribution in [0.5, 0.6) is 0 Å². The predicted octanol–water partition coefficient (Wildman–Crippen LogP) is -0.293. The van der Waals surface area contributed by atoms with Crippen LogP contribution in [-0.2, 0) is 20.1 Å². The van der Waals surface area contributed by atoms with Crippen molar-refractivity contribution in [2.24, 2.45) is 7.05 Å². The Hall–Kier alpha value is -1.76. The molecule has 7 heteroatoms. The lowest BCUT2D eigenvalue weighted by Gasteiger charge is -2.04. The van der Waals surface area contributed by atoms with Gasteiger partial charge in [0.2, 0.25) is 0 Å². The molecule has 0 unspecified atom stereocenters. The molecule has 0 aliphatic heterocycles. The van der Waals surface area contributed by atoms with Crippen molar-refractivity contribution in [1.82, 2.24) is 35.1 Å². The van der Waals surface area contributed by atoms with Gasteiger partial charge in [-0.2, -0.15) is 5.10 Å². The van der Waals surface area contributed by atoms with Crippen molar-refractivity contribution < 1.29 is 0 Å². The topological polar surface area (TPSA) is 73.5 Å². The van der Waals surface area contributed by atoms with Gasteiger partial charge in [0.25, 0.3) is 0 Å². The van der Waals surface area contributed by atoms with E-state index in [9.17, 15) is 0 Å². The Morgan fingerprint density at radius 1 is 1.47 bits per heavy atom. The summed E-state index contributed by atoms with van der Waals surface area (Å²) in [7, 11) is 1.85. The van der Waals surface area contributed by atoms with E-state index in [2.05, 4.69) is 25.7 Å². The van der Waals surface area contributed by atoms with Gasteiger partial charge in [0.1, 0.15) is 17.8 Å². The number of hydrogen-bond acceptors (Lipinski definition) is 5. The van der Waals surface area contributed by atoms with Crippen LogP contribution in [0.2, 0.25) is 0 Å². The van der Waals surface area contributed by atoms with Crippen LogP contribution in [0, 0.1) is 0 Å². The zero-order valence-corrected chi connectivity index (χ0v) is 9.74. The molecule has 90 valence electrons. The minimum Gasteiger partial charge on any atom is -0.307 e. The first-order valence-electron chi connectivity index (χ1n) is 5.76. The molecule has 1 saturated carbocycles. The van der Waals surface area contributed by atoms with Gasteiger partial charge in [0.05, 0.1) is 13.1 Å². The Labute approximate surface area is 98.8 Å². The van der Waals surface area contributed by atoms with Gasteiger partial charge in [0, 0.05) is 19.3 Å². The first kappa shape index (κ1) is 10.4. The van der Waals surface area contributed by atoms with Gasteiger partial charge in [-0.15, -0.1) is 5.10 Å². The molecule has 2 heterocycles. The van der Waals surface area contributed by atoms with E-state index in [0.717, 1.165) is 18.1 Å². The second kappa shape index (κ2) is 4.25. The summed E-state index contributed by atoms with van der Waals surface area (Å²) < 4.78 is 3.55. The van der Waals surface area contributed by atoms with Gasteiger partial charge in [-0.25, -0.2) is 9.67 Å². The molecule has 2 aromatic rings. The lowest BCUT2D eigenvalue weighted by Crippen LogP contribution is -2.19. The van der Waals surface area contributed by atoms with Crippen molar-refractivity contribution in [3.8, 4) is 0 Å². The third-order valence-electron chi connectivity index (χ3n) is 2.78. The highest BCUT2D eigenvalue weighted by Crippen LogP contribution is 2.18. The average Bonchev–Trinajstić information content (AvgIpc) is 2.90. The highest BCUT2D eigenvalue weighted by atomic mass is 15.4. The molecule has 1 aliphatic carbocycles. The van der Waals surface area contributed by atoms with Crippen molar-refractivity contribution in [3.63, 3.8) is 0 Å². The van der Waals surface area contributed by atoms with Gasteiger partial charge in [0.15, 0.2) is 0 Å². The van der Waals surface area contributed by atoms with Gasteiger partial charge >= 0.3 is 0 Å². The predicted molar refractivity (Wildman–Crippen MR) is 60.0 cm³/mol. The van der Waals surface area contributed by atoms with E-state index >= 15 is 0 Å². The Bertz CT molecular complexity index is 496. The smallest absolute Gasteiger partial charge is 0.141 e. The quantitative estimate of drug-likeness (QED) is 0.768. The molecule has 17 heavy (non-hydrogen) atoms. The standard InChI is InChI=1S/C10H15N7/c1-16-5-9(14-15-16)6-17-10(12-7-13-17)4-11-8-2-3-8/h5,7-8,11H,2-4,6H2,1H3. The van der Waals surface area contributed by atoms with E-state index in [1.54, 1.807) is 11.0 Å². The number of nitrogens with zero attached hydrogens (tertiary/aromatic N) is 6. The normalized spacial score (nSPS) is 15.4. The zero-order valence-electron chi connectivity index (χ0n) is 9.74. The van der Waals surface area contributed by atoms with Crippen LogP contribution in [0.1, 0.15) is 24.4 Å². The maximum absolute atomic E-state index is 4.25. The molecule has 1 N–H and O–H groups in total. The number of rotatable bonds is 5. The zero-order chi connectivity index (χ0) is 11.7. The van der Waals surface area contributed by atoms with E-state index in [1.165, 1.54) is 12.8 Å². The molecule has 0 radical (unpaired) electrons. The van der Waals surface area contributed by atoms with E-state index in [-0.39, 0.29) is 0 Å². The van der Waals surface area contributed by atoms with Crippen LogP contribution in [0.4, 0.5) is 0 Å². The second-order valence-electron chi connectivity index (χ2n) is 4.37. The molecule has 3 rings (SSSR count). The lowest BCUT2D eigenvalue weighted by atomic mass is 10.4. The van der Waals surface area contributed by atoms with Crippen molar-refractivity contribution in [1.29, 1.82) is 0 Å². The van der Waals surface area contributed by atoms with Crippen LogP contribution >= 0.6 is 0 Å². The van der Waals surface area contributed by atoms with Crippen LogP contribution < -0.4 is 5.32 Å². The Morgan fingerprint density at radius 3 is 3.06 bits per heavy atom. The summed E-state index contributed by atoms with van der Waals surface area (Å²) in [5, 5.41) is 15.6. The maximum Gasteiger partial charge on any atom is 0.141 e. The fourth-order valence-corrected chi connectivity index (χ4v) is 1.70. The van der Waals surface area contributed by atoms with Crippen molar-refractivity contribution in [3.05, 3.63) is 24.0 Å². The fourth-order valence-electron chi connectivity index (χ4n) is 1.70. The van der Waals surface area contributed by atoms with E-state index in [0.29, 0.717) is 12.6 Å². The maximum atomic E-state index is 4.25. The van der Waals surface area contributed by atoms with E-state index in [4.69, 9.17) is 0 Å². The first-order valence-corrected chi connectivity index (χ1v) is 5.76. The first-order chi connectivity index (χ1) is 8.31. The number of hydrogen-bond donors (Lipinski definition) is 1.